The fourth-order valence-electron chi connectivity index (χ4n) is 6.44. The Balaban J connectivity index is 2.21. The molecule has 1 N–H and O–H groups in total. The first kappa shape index (κ1) is 39.9. The molecule has 0 bridgehead atoms. The van der Waals surface area contributed by atoms with E-state index < -0.39 is 0 Å². The van der Waals surface area contributed by atoms with Crippen LogP contribution >= 0.6 is 0 Å². The van der Waals surface area contributed by atoms with Gasteiger partial charge in [-0.05, 0) is 82.7 Å². The van der Waals surface area contributed by atoms with Gasteiger partial charge in [0.05, 0.1) is 6.61 Å². The van der Waals surface area contributed by atoms with Gasteiger partial charge in [0.15, 0.2) is 0 Å². The molecule has 1 heterocycles. The normalized spacial score (nSPS) is 15.3. The minimum Gasteiger partial charge on any atom is -0.465 e. The largest absolute Gasteiger partial charge is 0.465 e. The lowest BCUT2D eigenvalue weighted by atomic mass is 9.95. The van der Waals surface area contributed by atoms with Crippen molar-refractivity contribution in [2.75, 3.05) is 19.7 Å². The van der Waals surface area contributed by atoms with E-state index in [4.69, 9.17) is 9.47 Å². The number of rotatable bonds is 30. The lowest BCUT2D eigenvalue weighted by Crippen LogP contribution is -2.30. The maximum atomic E-state index is 12.7. The number of hydrogen-bond acceptors (Lipinski definition) is 5. The predicted octanol–water partition coefficient (Wildman–Crippen LogP) is 10.9. The second kappa shape index (κ2) is 29.6. The van der Waals surface area contributed by atoms with Gasteiger partial charge in [0.25, 0.3) is 0 Å². The van der Waals surface area contributed by atoms with E-state index in [2.05, 4.69) is 26.1 Å². The molecular weight excluding hydrogens is 534 g/mol. The van der Waals surface area contributed by atoms with Gasteiger partial charge >= 0.3 is 11.9 Å². The van der Waals surface area contributed by atoms with Crippen LogP contribution in [0.3, 0.4) is 0 Å². The van der Waals surface area contributed by atoms with Crippen molar-refractivity contribution in [3.8, 4) is 0 Å². The van der Waals surface area contributed by atoms with Crippen LogP contribution in [0.2, 0.25) is 0 Å². The number of ether oxygens (including phenoxy) is 2. The SMILES string of the molecule is CCCCCCCCCC(CCCCCCCCC(=O)OCC(CCCC)CCCCCC)OC(=O)CC1CCNCC1. The summed E-state index contributed by atoms with van der Waals surface area (Å²) in [7, 11) is 0. The minimum atomic E-state index is -0.00503. The molecule has 1 fully saturated rings. The Morgan fingerprint density at radius 2 is 1.09 bits per heavy atom. The zero-order chi connectivity index (χ0) is 31.2. The summed E-state index contributed by atoms with van der Waals surface area (Å²) in [6.45, 7) is 9.43. The molecule has 0 amide bonds. The van der Waals surface area contributed by atoms with Crippen molar-refractivity contribution in [2.24, 2.45) is 11.8 Å². The van der Waals surface area contributed by atoms with E-state index in [1.807, 2.05) is 0 Å². The van der Waals surface area contributed by atoms with Crippen molar-refractivity contribution in [1.29, 1.82) is 0 Å². The van der Waals surface area contributed by atoms with Crippen LogP contribution in [-0.4, -0.2) is 37.7 Å². The summed E-state index contributed by atoms with van der Waals surface area (Å²) in [6.07, 6.45) is 31.2. The smallest absolute Gasteiger partial charge is 0.306 e. The second-order valence-corrected chi connectivity index (χ2v) is 13.6. The lowest BCUT2D eigenvalue weighted by molar-refractivity contribution is -0.151. The van der Waals surface area contributed by atoms with Gasteiger partial charge in [-0.1, -0.05) is 124 Å². The van der Waals surface area contributed by atoms with Crippen LogP contribution in [0.4, 0.5) is 0 Å². The number of nitrogens with one attached hydrogen (secondary N) is 1. The second-order valence-electron chi connectivity index (χ2n) is 13.6. The molecule has 0 aromatic carbocycles. The monoisotopic (exact) mass is 608 g/mol. The molecule has 0 aromatic heterocycles. The highest BCUT2D eigenvalue weighted by Crippen LogP contribution is 2.22. The molecular formula is C38H73NO4. The first-order valence-corrected chi connectivity index (χ1v) is 19.1. The van der Waals surface area contributed by atoms with Gasteiger partial charge in [-0.25, -0.2) is 0 Å². The average Bonchev–Trinajstić information content (AvgIpc) is 3.01. The number of piperidine rings is 1. The third-order valence-electron chi connectivity index (χ3n) is 9.41. The Morgan fingerprint density at radius 3 is 1.70 bits per heavy atom. The maximum Gasteiger partial charge on any atom is 0.306 e. The summed E-state index contributed by atoms with van der Waals surface area (Å²) in [5.74, 6) is 1.05. The van der Waals surface area contributed by atoms with Crippen LogP contribution in [0.5, 0.6) is 0 Å². The highest BCUT2D eigenvalue weighted by Gasteiger charge is 2.20. The van der Waals surface area contributed by atoms with Crippen molar-refractivity contribution in [3.05, 3.63) is 0 Å². The van der Waals surface area contributed by atoms with Crippen LogP contribution < -0.4 is 5.32 Å². The lowest BCUT2D eigenvalue weighted by Gasteiger charge is -2.23. The van der Waals surface area contributed by atoms with Gasteiger partial charge in [-0.2, -0.15) is 0 Å². The van der Waals surface area contributed by atoms with Crippen molar-refractivity contribution >= 4 is 11.9 Å². The first-order chi connectivity index (χ1) is 21.1. The molecule has 1 aliphatic rings. The van der Waals surface area contributed by atoms with E-state index in [0.717, 1.165) is 58.0 Å². The summed E-state index contributed by atoms with van der Waals surface area (Å²) >= 11 is 0. The topological polar surface area (TPSA) is 64.6 Å². The van der Waals surface area contributed by atoms with Gasteiger partial charge in [-0.3, -0.25) is 9.59 Å². The molecule has 254 valence electrons. The van der Waals surface area contributed by atoms with E-state index in [9.17, 15) is 9.59 Å². The van der Waals surface area contributed by atoms with E-state index >= 15 is 0 Å². The summed E-state index contributed by atoms with van der Waals surface area (Å²) in [5.41, 5.74) is 0. The number of esters is 2. The molecule has 0 spiro atoms. The zero-order valence-electron chi connectivity index (χ0n) is 29.1. The van der Waals surface area contributed by atoms with Gasteiger partial charge in [0, 0.05) is 12.8 Å². The summed E-state index contributed by atoms with van der Waals surface area (Å²) in [5, 5.41) is 3.39. The average molecular weight is 608 g/mol. The molecule has 1 aliphatic heterocycles. The zero-order valence-corrected chi connectivity index (χ0v) is 29.1. The van der Waals surface area contributed by atoms with Gasteiger partial charge in [-0.15, -0.1) is 0 Å². The number of unbranched alkanes of at least 4 members (excludes halogenated alkanes) is 15. The number of hydrogen-bond donors (Lipinski definition) is 1. The van der Waals surface area contributed by atoms with Crippen LogP contribution in [-0.2, 0) is 19.1 Å². The van der Waals surface area contributed by atoms with Crippen LogP contribution in [0, 0.1) is 11.8 Å². The van der Waals surface area contributed by atoms with Crippen LogP contribution in [0.25, 0.3) is 0 Å². The molecule has 43 heavy (non-hydrogen) atoms. The van der Waals surface area contributed by atoms with Crippen LogP contribution in [0.15, 0.2) is 0 Å². The van der Waals surface area contributed by atoms with Crippen LogP contribution in [0.1, 0.15) is 194 Å². The fourth-order valence-corrected chi connectivity index (χ4v) is 6.44. The molecule has 2 unspecified atom stereocenters. The molecule has 2 atom stereocenters. The Hall–Kier alpha value is -1.10. The fraction of sp³-hybridized carbons (Fsp3) is 0.947. The van der Waals surface area contributed by atoms with Gasteiger partial charge in [0.2, 0.25) is 0 Å². The van der Waals surface area contributed by atoms with Gasteiger partial charge in [0.1, 0.15) is 6.10 Å². The number of carbonyl (C=O) groups excluding carboxylic acids is 2. The van der Waals surface area contributed by atoms with E-state index in [1.54, 1.807) is 0 Å². The minimum absolute atomic E-state index is 0.00503. The van der Waals surface area contributed by atoms with Crippen molar-refractivity contribution in [3.63, 3.8) is 0 Å². The summed E-state index contributed by atoms with van der Waals surface area (Å²) in [4.78, 5) is 25.0. The van der Waals surface area contributed by atoms with Gasteiger partial charge < -0.3 is 14.8 Å². The molecule has 1 saturated heterocycles. The highest BCUT2D eigenvalue weighted by atomic mass is 16.5. The van der Waals surface area contributed by atoms with E-state index in [-0.39, 0.29) is 18.0 Å². The molecule has 5 nitrogen and oxygen atoms in total. The third-order valence-corrected chi connectivity index (χ3v) is 9.41. The Labute approximate surface area is 267 Å². The van der Waals surface area contributed by atoms with E-state index in [1.165, 1.54) is 116 Å². The standard InChI is InChI=1S/C38H73NO4/c1-4-7-10-12-13-16-20-25-36(43-38(41)32-34-28-30-39-31-29-34)26-21-17-14-15-18-22-27-37(40)42-33-35(23-9-6-3)24-19-11-8-5-2/h34-36,39H,4-33H2,1-3H3. The summed E-state index contributed by atoms with van der Waals surface area (Å²) in [6, 6.07) is 0. The number of carbonyl (C=O) groups is 2. The van der Waals surface area contributed by atoms with Crippen molar-refractivity contribution in [2.45, 2.75) is 200 Å². The maximum absolute atomic E-state index is 12.7. The van der Waals surface area contributed by atoms with Crippen molar-refractivity contribution < 1.29 is 19.1 Å². The van der Waals surface area contributed by atoms with Crippen molar-refractivity contribution in [1.82, 2.24) is 5.32 Å². The molecule has 0 radical (unpaired) electrons. The highest BCUT2D eigenvalue weighted by molar-refractivity contribution is 5.70. The molecule has 1 rings (SSSR count). The third kappa shape index (κ3) is 24.9. The Morgan fingerprint density at radius 1 is 0.605 bits per heavy atom. The Kier molecular flexibility index (Phi) is 27.5. The first-order valence-electron chi connectivity index (χ1n) is 19.1. The van der Waals surface area contributed by atoms with E-state index in [0.29, 0.717) is 31.3 Å². The quantitative estimate of drug-likeness (QED) is 0.0650. The molecule has 0 aromatic rings. The molecule has 0 saturated carbocycles. The Bertz CT molecular complexity index is 633. The molecule has 5 heteroatoms. The molecule has 0 aliphatic carbocycles. The predicted molar refractivity (Wildman–Crippen MR) is 182 cm³/mol. The summed E-state index contributed by atoms with van der Waals surface area (Å²) < 4.78 is 11.7.